The number of benzene rings is 1. The zero-order valence-corrected chi connectivity index (χ0v) is 14.0. The summed E-state index contributed by atoms with van der Waals surface area (Å²) in [6.07, 6.45) is 0. The van der Waals surface area contributed by atoms with Crippen molar-refractivity contribution in [2.45, 2.75) is 11.3 Å². The molecule has 2 aromatic rings. The number of Topliss-reactive ketones (excluding diaryl/α,β-unsaturated/α-hetero) is 1. The number of anilines is 1. The van der Waals surface area contributed by atoms with Crippen molar-refractivity contribution in [3.63, 3.8) is 0 Å². The smallest absolute Gasteiger partial charge is 0.208 e. The normalized spacial score (nSPS) is 10.5. The molecule has 0 N–H and O–H groups in total. The first-order chi connectivity index (χ1) is 10.0. The fourth-order valence-electron chi connectivity index (χ4n) is 1.68. The van der Waals surface area contributed by atoms with Gasteiger partial charge in [-0.1, -0.05) is 29.2 Å². The van der Waals surface area contributed by atoms with Gasteiger partial charge < -0.3 is 9.64 Å². The van der Waals surface area contributed by atoms with Gasteiger partial charge in [0.25, 0.3) is 0 Å². The molecule has 0 aliphatic carbocycles. The highest BCUT2D eigenvalue weighted by Gasteiger charge is 2.14. The van der Waals surface area contributed by atoms with Crippen LogP contribution in [0.2, 0.25) is 0 Å². The molecule has 0 atom stereocenters. The Morgan fingerprint density at radius 2 is 2.14 bits per heavy atom. The van der Waals surface area contributed by atoms with Gasteiger partial charge in [0.05, 0.1) is 18.4 Å². The van der Waals surface area contributed by atoms with Gasteiger partial charge in [0.2, 0.25) is 5.13 Å². The molecule has 0 radical (unpaired) electrons. The second-order valence-electron chi connectivity index (χ2n) is 4.66. The molecule has 0 saturated heterocycles. The number of rotatable bonds is 6. The molecule has 0 aliphatic heterocycles. The lowest BCUT2D eigenvalue weighted by Gasteiger charge is -2.07. The van der Waals surface area contributed by atoms with Crippen LogP contribution in [0.4, 0.5) is 5.13 Å². The average molecular weight is 323 g/mol. The molecule has 5 nitrogen and oxygen atoms in total. The third-order valence-corrected chi connectivity index (χ3v) is 4.99. The Kier molecular flexibility index (Phi) is 5.19. The number of aromatic nitrogens is 2. The zero-order valence-electron chi connectivity index (χ0n) is 12.4. The quantitative estimate of drug-likeness (QED) is 0.602. The molecule has 21 heavy (non-hydrogen) atoms. The number of aryl methyl sites for hydroxylation is 1. The van der Waals surface area contributed by atoms with Crippen LogP contribution in [-0.4, -0.2) is 42.9 Å². The SMILES string of the molecule is COc1cc(C)ccc1C(=O)CSc1nnc(N(C)C)s1. The molecule has 0 bridgehead atoms. The van der Waals surface area contributed by atoms with Gasteiger partial charge in [0.15, 0.2) is 10.1 Å². The maximum atomic E-state index is 12.3. The summed E-state index contributed by atoms with van der Waals surface area (Å²) in [6.45, 7) is 1.97. The van der Waals surface area contributed by atoms with Crippen molar-refractivity contribution in [1.82, 2.24) is 10.2 Å². The molecule has 0 saturated carbocycles. The molecule has 0 aliphatic rings. The van der Waals surface area contributed by atoms with Crippen LogP contribution in [0.3, 0.4) is 0 Å². The molecule has 112 valence electrons. The third kappa shape index (κ3) is 3.95. The number of ether oxygens (including phenoxy) is 1. The highest BCUT2D eigenvalue weighted by Crippen LogP contribution is 2.28. The lowest BCUT2D eigenvalue weighted by Crippen LogP contribution is -2.07. The Labute approximate surface area is 132 Å². The number of carbonyl (C=O) groups excluding carboxylic acids is 1. The van der Waals surface area contributed by atoms with Crippen molar-refractivity contribution in [1.29, 1.82) is 0 Å². The second-order valence-corrected chi connectivity index (χ2v) is 6.84. The maximum Gasteiger partial charge on any atom is 0.208 e. The average Bonchev–Trinajstić information content (AvgIpc) is 2.93. The molecular weight excluding hydrogens is 306 g/mol. The molecule has 0 unspecified atom stereocenters. The van der Waals surface area contributed by atoms with Gasteiger partial charge in [-0.15, -0.1) is 10.2 Å². The predicted octanol–water partition coefficient (Wildman–Crippen LogP) is 2.90. The van der Waals surface area contributed by atoms with E-state index in [0.29, 0.717) is 17.1 Å². The summed E-state index contributed by atoms with van der Waals surface area (Å²) in [5, 5.41) is 8.95. The minimum Gasteiger partial charge on any atom is -0.496 e. The number of hydrogen-bond donors (Lipinski definition) is 0. The Bertz CT molecular complexity index is 641. The summed E-state index contributed by atoms with van der Waals surface area (Å²) in [6, 6.07) is 5.59. The fourth-order valence-corrected chi connectivity index (χ4v) is 3.32. The summed E-state index contributed by atoms with van der Waals surface area (Å²) in [5.74, 6) is 0.965. The molecule has 1 aromatic carbocycles. The van der Waals surface area contributed by atoms with E-state index in [4.69, 9.17) is 4.74 Å². The van der Waals surface area contributed by atoms with Crippen LogP contribution in [0.5, 0.6) is 5.75 Å². The van der Waals surface area contributed by atoms with Crippen molar-refractivity contribution < 1.29 is 9.53 Å². The summed E-state index contributed by atoms with van der Waals surface area (Å²) in [7, 11) is 5.40. The van der Waals surface area contributed by atoms with Crippen LogP contribution < -0.4 is 9.64 Å². The van der Waals surface area contributed by atoms with E-state index in [1.54, 1.807) is 7.11 Å². The maximum absolute atomic E-state index is 12.3. The van der Waals surface area contributed by atoms with Gasteiger partial charge in [-0.2, -0.15) is 0 Å². The van der Waals surface area contributed by atoms with E-state index in [1.165, 1.54) is 23.1 Å². The number of methoxy groups -OCH3 is 1. The topological polar surface area (TPSA) is 55.3 Å². The van der Waals surface area contributed by atoms with E-state index in [2.05, 4.69) is 10.2 Å². The standard InChI is InChI=1S/C14H17N3O2S2/c1-9-5-6-10(12(7-9)19-4)11(18)8-20-14-16-15-13(21-14)17(2)3/h5-7H,8H2,1-4H3. The summed E-state index contributed by atoms with van der Waals surface area (Å²) >= 11 is 2.87. The van der Waals surface area contributed by atoms with Crippen molar-refractivity contribution >= 4 is 34.0 Å². The van der Waals surface area contributed by atoms with Crippen LogP contribution >= 0.6 is 23.1 Å². The van der Waals surface area contributed by atoms with Crippen LogP contribution in [-0.2, 0) is 0 Å². The number of thioether (sulfide) groups is 1. The molecule has 2 rings (SSSR count). The molecule has 7 heteroatoms. The zero-order chi connectivity index (χ0) is 15.4. The Morgan fingerprint density at radius 1 is 1.38 bits per heavy atom. The van der Waals surface area contributed by atoms with E-state index >= 15 is 0 Å². The first kappa shape index (κ1) is 15.8. The molecule has 0 spiro atoms. The third-order valence-electron chi connectivity index (χ3n) is 2.76. The van der Waals surface area contributed by atoms with E-state index in [-0.39, 0.29) is 5.78 Å². The van der Waals surface area contributed by atoms with Crippen molar-refractivity contribution in [2.24, 2.45) is 0 Å². The second kappa shape index (κ2) is 6.91. The minimum atomic E-state index is 0.0263. The number of carbonyl (C=O) groups is 1. The Balaban J connectivity index is 2.04. The van der Waals surface area contributed by atoms with Crippen molar-refractivity contribution in [2.75, 3.05) is 31.9 Å². The van der Waals surface area contributed by atoms with Gasteiger partial charge >= 0.3 is 0 Å². The lowest BCUT2D eigenvalue weighted by molar-refractivity contribution is 0.101. The molecule has 0 amide bonds. The fraction of sp³-hybridized carbons (Fsp3) is 0.357. The van der Waals surface area contributed by atoms with E-state index in [0.717, 1.165) is 15.0 Å². The first-order valence-corrected chi connectivity index (χ1v) is 8.13. The lowest BCUT2D eigenvalue weighted by atomic mass is 10.1. The van der Waals surface area contributed by atoms with Gasteiger partial charge in [-0.3, -0.25) is 4.79 Å². The largest absolute Gasteiger partial charge is 0.496 e. The van der Waals surface area contributed by atoms with Gasteiger partial charge in [-0.05, 0) is 24.6 Å². The molecular formula is C14H17N3O2S2. The predicted molar refractivity (Wildman–Crippen MR) is 87.0 cm³/mol. The Hall–Kier alpha value is -1.60. The highest BCUT2D eigenvalue weighted by molar-refractivity contribution is 8.01. The number of hydrogen-bond acceptors (Lipinski definition) is 7. The highest BCUT2D eigenvalue weighted by atomic mass is 32.2. The summed E-state index contributed by atoms with van der Waals surface area (Å²) < 4.78 is 6.06. The van der Waals surface area contributed by atoms with Gasteiger partial charge in [0.1, 0.15) is 5.75 Å². The van der Waals surface area contributed by atoms with E-state index < -0.39 is 0 Å². The van der Waals surface area contributed by atoms with E-state index in [1.807, 2.05) is 44.1 Å². The molecule has 0 fully saturated rings. The van der Waals surface area contributed by atoms with Crippen LogP contribution in [0.1, 0.15) is 15.9 Å². The van der Waals surface area contributed by atoms with E-state index in [9.17, 15) is 4.79 Å². The van der Waals surface area contributed by atoms with Gasteiger partial charge in [-0.25, -0.2) is 0 Å². The number of nitrogens with zero attached hydrogens (tertiary/aromatic N) is 3. The van der Waals surface area contributed by atoms with Gasteiger partial charge in [0, 0.05) is 14.1 Å². The van der Waals surface area contributed by atoms with Crippen molar-refractivity contribution in [3.05, 3.63) is 29.3 Å². The van der Waals surface area contributed by atoms with Crippen molar-refractivity contribution in [3.8, 4) is 5.75 Å². The molecule has 1 aromatic heterocycles. The molecule has 1 heterocycles. The summed E-state index contributed by atoms with van der Waals surface area (Å²) in [4.78, 5) is 14.2. The van der Waals surface area contributed by atoms with Crippen LogP contribution in [0, 0.1) is 6.92 Å². The monoisotopic (exact) mass is 323 g/mol. The minimum absolute atomic E-state index is 0.0263. The number of ketones is 1. The summed E-state index contributed by atoms with van der Waals surface area (Å²) in [5.41, 5.74) is 1.67. The van der Waals surface area contributed by atoms with Crippen LogP contribution in [0.25, 0.3) is 0 Å². The first-order valence-electron chi connectivity index (χ1n) is 6.32. The van der Waals surface area contributed by atoms with Crippen LogP contribution in [0.15, 0.2) is 22.5 Å². The Morgan fingerprint density at radius 3 is 2.76 bits per heavy atom.